The first-order valence-electron chi connectivity index (χ1n) is 6.91. The van der Waals surface area contributed by atoms with Crippen molar-refractivity contribution in [3.63, 3.8) is 0 Å². The Morgan fingerprint density at radius 2 is 1.14 bits per heavy atom. The summed E-state index contributed by atoms with van der Waals surface area (Å²) in [5.41, 5.74) is 4.34. The molecule has 0 N–H and O–H groups in total. The molecule has 1 heteroatoms. The van der Waals surface area contributed by atoms with Gasteiger partial charge in [0.05, 0.1) is 0 Å². The maximum absolute atomic E-state index is 13.2. The van der Waals surface area contributed by atoms with Gasteiger partial charge < -0.3 is 0 Å². The molecule has 0 heterocycles. The third-order valence-electron chi connectivity index (χ3n) is 3.35. The Balaban J connectivity index is 2.12. The van der Waals surface area contributed by atoms with Crippen molar-refractivity contribution >= 4 is 11.6 Å². The first kappa shape index (κ1) is 13.3. The second-order valence-corrected chi connectivity index (χ2v) is 4.84. The van der Waals surface area contributed by atoms with E-state index in [1.165, 1.54) is 12.1 Å². The lowest BCUT2D eigenvalue weighted by molar-refractivity contribution is 0.627. The van der Waals surface area contributed by atoms with Crippen molar-refractivity contribution in [2.45, 2.75) is 0 Å². The molecule has 0 aromatic heterocycles. The molecule has 3 aromatic rings. The van der Waals surface area contributed by atoms with Gasteiger partial charge in [-0.2, -0.15) is 0 Å². The van der Waals surface area contributed by atoms with E-state index in [2.05, 4.69) is 30.3 Å². The summed E-state index contributed by atoms with van der Waals surface area (Å²) in [5.74, 6) is -0.217. The average molecular weight is 274 g/mol. The maximum Gasteiger partial charge on any atom is 0.123 e. The van der Waals surface area contributed by atoms with Crippen molar-refractivity contribution in [1.82, 2.24) is 0 Å². The van der Waals surface area contributed by atoms with E-state index in [0.717, 1.165) is 22.3 Å². The molecule has 0 atom stereocenters. The van der Waals surface area contributed by atoms with E-state index in [1.807, 2.05) is 48.5 Å². The zero-order valence-electron chi connectivity index (χ0n) is 11.5. The minimum absolute atomic E-state index is 0.217. The molecule has 0 saturated carbocycles. The Morgan fingerprint density at radius 3 is 1.76 bits per heavy atom. The first-order valence-corrected chi connectivity index (χ1v) is 6.91. The molecule has 0 aliphatic carbocycles. The highest BCUT2D eigenvalue weighted by Gasteiger charge is 2.05. The van der Waals surface area contributed by atoms with Gasteiger partial charge in [0, 0.05) is 0 Å². The highest BCUT2D eigenvalue weighted by Crippen LogP contribution is 2.26. The van der Waals surface area contributed by atoms with Gasteiger partial charge in [-0.15, -0.1) is 0 Å². The summed E-state index contributed by atoms with van der Waals surface area (Å²) in [6, 6.07) is 26.9. The molecular weight excluding hydrogens is 259 g/mol. The molecule has 0 aliphatic rings. The Morgan fingerprint density at radius 1 is 0.619 bits per heavy atom. The summed E-state index contributed by atoms with van der Waals surface area (Å²) in [4.78, 5) is 0. The number of rotatable bonds is 3. The predicted octanol–water partition coefficient (Wildman–Crippen LogP) is 5.41. The molecule has 0 saturated heterocycles. The Bertz CT molecular complexity index is 726. The van der Waals surface area contributed by atoms with Crippen molar-refractivity contribution in [3.05, 3.63) is 107 Å². The van der Waals surface area contributed by atoms with Crippen LogP contribution in [0, 0.1) is 5.82 Å². The van der Waals surface area contributed by atoms with Gasteiger partial charge in [-0.3, -0.25) is 0 Å². The fraction of sp³-hybridized carbons (Fsp3) is 0. The molecular formula is C20H15F. The van der Waals surface area contributed by atoms with Gasteiger partial charge in [-0.1, -0.05) is 72.8 Å². The minimum Gasteiger partial charge on any atom is -0.207 e. The molecule has 3 rings (SSSR count). The number of halogens is 1. The average Bonchev–Trinajstić information content (AvgIpc) is 2.55. The molecule has 0 bridgehead atoms. The molecule has 0 aliphatic heterocycles. The van der Waals surface area contributed by atoms with Crippen LogP contribution in [0.3, 0.4) is 0 Å². The number of hydrogen-bond acceptors (Lipinski definition) is 0. The van der Waals surface area contributed by atoms with Gasteiger partial charge in [0.2, 0.25) is 0 Å². The van der Waals surface area contributed by atoms with Gasteiger partial charge in [0.25, 0.3) is 0 Å². The van der Waals surface area contributed by atoms with Crippen LogP contribution < -0.4 is 0 Å². The Hall–Kier alpha value is -2.67. The van der Waals surface area contributed by atoms with Crippen LogP contribution in [-0.4, -0.2) is 0 Å². The largest absolute Gasteiger partial charge is 0.207 e. The smallest absolute Gasteiger partial charge is 0.123 e. The quantitative estimate of drug-likeness (QED) is 0.560. The van der Waals surface area contributed by atoms with E-state index in [1.54, 1.807) is 0 Å². The summed E-state index contributed by atoms with van der Waals surface area (Å²) < 4.78 is 13.2. The fourth-order valence-electron chi connectivity index (χ4n) is 2.30. The van der Waals surface area contributed by atoms with Crippen LogP contribution in [0.2, 0.25) is 0 Å². The monoisotopic (exact) mass is 274 g/mol. The zero-order chi connectivity index (χ0) is 14.5. The van der Waals surface area contributed by atoms with E-state index in [4.69, 9.17) is 0 Å². The number of benzene rings is 3. The zero-order valence-corrected chi connectivity index (χ0v) is 11.5. The van der Waals surface area contributed by atoms with Crippen LogP contribution in [0.5, 0.6) is 0 Å². The molecule has 0 amide bonds. The topological polar surface area (TPSA) is 0 Å². The maximum atomic E-state index is 13.2. The van der Waals surface area contributed by atoms with Crippen LogP contribution >= 0.6 is 0 Å². The van der Waals surface area contributed by atoms with Crippen LogP contribution in [-0.2, 0) is 0 Å². The van der Waals surface area contributed by atoms with Crippen LogP contribution in [0.25, 0.3) is 11.6 Å². The Labute approximate surface area is 124 Å². The van der Waals surface area contributed by atoms with Crippen LogP contribution in [0.1, 0.15) is 16.7 Å². The van der Waals surface area contributed by atoms with Gasteiger partial charge in [0.15, 0.2) is 0 Å². The lowest BCUT2D eigenvalue weighted by atomic mass is 9.96. The molecule has 102 valence electrons. The van der Waals surface area contributed by atoms with E-state index in [0.29, 0.717) is 0 Å². The summed E-state index contributed by atoms with van der Waals surface area (Å²) >= 11 is 0. The first-order chi connectivity index (χ1) is 10.3. The Kier molecular flexibility index (Phi) is 3.92. The van der Waals surface area contributed by atoms with Crippen molar-refractivity contribution in [2.75, 3.05) is 0 Å². The van der Waals surface area contributed by atoms with Gasteiger partial charge in [-0.25, -0.2) is 4.39 Å². The van der Waals surface area contributed by atoms with Crippen LogP contribution in [0.15, 0.2) is 84.9 Å². The van der Waals surface area contributed by atoms with Gasteiger partial charge in [0.1, 0.15) is 5.82 Å². The van der Waals surface area contributed by atoms with Gasteiger partial charge in [-0.05, 0) is 40.5 Å². The second-order valence-electron chi connectivity index (χ2n) is 4.84. The second kappa shape index (κ2) is 6.19. The third-order valence-corrected chi connectivity index (χ3v) is 3.35. The van der Waals surface area contributed by atoms with Crippen molar-refractivity contribution in [1.29, 1.82) is 0 Å². The van der Waals surface area contributed by atoms with Crippen molar-refractivity contribution in [3.8, 4) is 0 Å². The van der Waals surface area contributed by atoms with Crippen LogP contribution in [0.4, 0.5) is 4.39 Å². The molecule has 0 fully saturated rings. The van der Waals surface area contributed by atoms with Crippen molar-refractivity contribution in [2.24, 2.45) is 0 Å². The lowest BCUT2D eigenvalue weighted by Gasteiger charge is -2.09. The number of hydrogen-bond donors (Lipinski definition) is 0. The highest BCUT2D eigenvalue weighted by atomic mass is 19.1. The molecule has 0 unspecified atom stereocenters. The van der Waals surface area contributed by atoms with Gasteiger partial charge >= 0.3 is 0 Å². The van der Waals surface area contributed by atoms with E-state index in [9.17, 15) is 4.39 Å². The lowest BCUT2D eigenvalue weighted by Crippen LogP contribution is -1.88. The molecule has 3 aromatic carbocycles. The molecule has 0 nitrogen and oxygen atoms in total. The normalized spacial score (nSPS) is 11.4. The standard InChI is InChI=1S/C20H15F/c21-19-13-11-18(12-14-19)20(17-9-5-2-6-10-17)15-16-7-3-1-4-8-16/h1-15H. The van der Waals surface area contributed by atoms with E-state index >= 15 is 0 Å². The summed E-state index contributed by atoms with van der Waals surface area (Å²) in [6.07, 6.45) is 2.13. The van der Waals surface area contributed by atoms with E-state index in [-0.39, 0.29) is 5.82 Å². The third kappa shape index (κ3) is 3.26. The molecule has 0 radical (unpaired) electrons. The van der Waals surface area contributed by atoms with Crippen molar-refractivity contribution < 1.29 is 4.39 Å². The molecule has 0 spiro atoms. The predicted molar refractivity (Wildman–Crippen MR) is 86.3 cm³/mol. The SMILES string of the molecule is Fc1ccc(C(=Cc2ccccc2)c2ccccc2)cc1. The summed E-state index contributed by atoms with van der Waals surface area (Å²) in [7, 11) is 0. The summed E-state index contributed by atoms with van der Waals surface area (Å²) in [6.45, 7) is 0. The minimum atomic E-state index is -0.217. The molecule has 21 heavy (non-hydrogen) atoms. The highest BCUT2D eigenvalue weighted by molar-refractivity contribution is 5.91. The fourth-order valence-corrected chi connectivity index (χ4v) is 2.30. The van der Waals surface area contributed by atoms with E-state index < -0.39 is 0 Å². The summed E-state index contributed by atoms with van der Waals surface area (Å²) in [5, 5.41) is 0.